The fourth-order valence-corrected chi connectivity index (χ4v) is 9.35. The fraction of sp³-hybridized carbons (Fsp3) is 0.828. The summed E-state index contributed by atoms with van der Waals surface area (Å²) in [5, 5.41) is 11.7. The van der Waals surface area contributed by atoms with E-state index in [2.05, 4.69) is 46.8 Å². The van der Waals surface area contributed by atoms with Crippen LogP contribution in [0.5, 0.6) is 0 Å². The average molecular weight is 425 g/mol. The number of hydrogen-bond acceptors (Lipinski definition) is 2. The Hall–Kier alpha value is -0.890. The summed E-state index contributed by atoms with van der Waals surface area (Å²) < 4.78 is 0. The molecule has 0 aromatic carbocycles. The van der Waals surface area contributed by atoms with Gasteiger partial charge in [-0.2, -0.15) is 0 Å². The van der Waals surface area contributed by atoms with Crippen molar-refractivity contribution in [1.29, 1.82) is 0 Å². The van der Waals surface area contributed by atoms with E-state index >= 15 is 0 Å². The first-order valence-electron chi connectivity index (χ1n) is 13.2. The van der Waals surface area contributed by atoms with Gasteiger partial charge >= 0.3 is 0 Å². The molecule has 2 heteroatoms. The first-order chi connectivity index (χ1) is 14.6. The van der Waals surface area contributed by atoms with Crippen LogP contribution >= 0.6 is 0 Å². The first kappa shape index (κ1) is 21.9. The molecule has 0 unspecified atom stereocenters. The van der Waals surface area contributed by atoms with Gasteiger partial charge in [0.25, 0.3) is 0 Å². The molecule has 0 aliphatic heterocycles. The Labute approximate surface area is 190 Å². The van der Waals surface area contributed by atoms with Gasteiger partial charge in [0.1, 0.15) is 5.78 Å². The monoisotopic (exact) mass is 424 g/mol. The zero-order valence-electron chi connectivity index (χ0n) is 20.5. The number of aliphatic hydroxyl groups excluding tert-OH is 1. The maximum atomic E-state index is 12.8. The number of ketones is 1. The second-order valence-corrected chi connectivity index (χ2v) is 12.8. The van der Waals surface area contributed by atoms with Gasteiger partial charge in [-0.15, -0.1) is 0 Å². The minimum Gasteiger partial charge on any atom is -0.393 e. The van der Waals surface area contributed by atoms with Crippen LogP contribution in [-0.2, 0) is 4.79 Å². The summed E-state index contributed by atoms with van der Waals surface area (Å²) in [6.45, 7) is 11.7. The summed E-state index contributed by atoms with van der Waals surface area (Å²) >= 11 is 0. The lowest BCUT2D eigenvalue weighted by Crippen LogP contribution is -2.57. The van der Waals surface area contributed by atoms with Gasteiger partial charge in [0.05, 0.1) is 11.5 Å². The van der Waals surface area contributed by atoms with E-state index in [9.17, 15) is 9.90 Å². The van der Waals surface area contributed by atoms with Gasteiger partial charge in [0.15, 0.2) is 0 Å². The number of carbonyl (C=O) groups is 1. The highest BCUT2D eigenvalue weighted by Gasteiger charge is 2.67. The number of aliphatic hydroxyl groups is 1. The van der Waals surface area contributed by atoms with Crippen LogP contribution in [0.25, 0.3) is 0 Å². The van der Waals surface area contributed by atoms with Crippen LogP contribution in [-0.4, -0.2) is 17.0 Å². The molecule has 2 nitrogen and oxygen atoms in total. The van der Waals surface area contributed by atoms with Crippen molar-refractivity contribution in [2.75, 3.05) is 0 Å². The molecule has 1 spiro atoms. The average Bonchev–Trinajstić information content (AvgIpc) is 3.42. The molecule has 1 N–H and O–H groups in total. The molecular formula is C29H44O2. The molecule has 0 amide bonds. The molecule has 8 atom stereocenters. The van der Waals surface area contributed by atoms with Gasteiger partial charge < -0.3 is 5.11 Å². The minimum absolute atomic E-state index is 0.0645. The van der Waals surface area contributed by atoms with Crippen LogP contribution in [0.3, 0.4) is 0 Å². The molecule has 4 fully saturated rings. The van der Waals surface area contributed by atoms with Crippen molar-refractivity contribution in [3.8, 4) is 0 Å². The molecule has 5 rings (SSSR count). The molecular weight excluding hydrogens is 380 g/mol. The zero-order valence-corrected chi connectivity index (χ0v) is 20.5. The maximum Gasteiger partial charge on any atom is 0.143 e. The molecule has 0 aromatic rings. The molecule has 0 heterocycles. The highest BCUT2D eigenvalue weighted by atomic mass is 16.3. The van der Waals surface area contributed by atoms with Crippen molar-refractivity contribution in [3.63, 3.8) is 0 Å². The third-order valence-corrected chi connectivity index (χ3v) is 11.2. The van der Waals surface area contributed by atoms with Gasteiger partial charge in [-0.05, 0) is 112 Å². The zero-order chi connectivity index (χ0) is 22.2. The molecule has 172 valence electrons. The topological polar surface area (TPSA) is 37.3 Å². The van der Waals surface area contributed by atoms with Crippen molar-refractivity contribution < 1.29 is 9.90 Å². The number of fused-ring (bicyclic) bond motifs is 6. The van der Waals surface area contributed by atoms with Crippen LogP contribution in [0.2, 0.25) is 0 Å². The van der Waals surface area contributed by atoms with Crippen LogP contribution in [0, 0.1) is 45.8 Å². The van der Waals surface area contributed by atoms with Crippen molar-refractivity contribution >= 4 is 5.78 Å². The van der Waals surface area contributed by atoms with Gasteiger partial charge in [0.2, 0.25) is 0 Å². The summed E-state index contributed by atoms with van der Waals surface area (Å²) in [4.78, 5) is 12.8. The van der Waals surface area contributed by atoms with Crippen LogP contribution in [0.1, 0.15) is 98.8 Å². The van der Waals surface area contributed by atoms with Gasteiger partial charge in [-0.3, -0.25) is 4.79 Å². The quantitative estimate of drug-likeness (QED) is 0.500. The number of allylic oxidation sites excluding steroid dienone is 4. The summed E-state index contributed by atoms with van der Waals surface area (Å²) in [7, 11) is 0. The summed E-state index contributed by atoms with van der Waals surface area (Å²) in [6, 6.07) is 0. The lowest BCUT2D eigenvalue weighted by molar-refractivity contribution is -0.142. The predicted octanol–water partition coefficient (Wildman–Crippen LogP) is 6.88. The Morgan fingerprint density at radius 3 is 2.61 bits per heavy atom. The molecule has 0 bridgehead atoms. The van der Waals surface area contributed by atoms with Crippen LogP contribution < -0.4 is 0 Å². The van der Waals surface area contributed by atoms with E-state index in [0.717, 1.165) is 38.5 Å². The summed E-state index contributed by atoms with van der Waals surface area (Å²) in [6.07, 6.45) is 15.7. The smallest absolute Gasteiger partial charge is 0.143 e. The number of carbonyl (C=O) groups excluding carboxylic acids is 1. The Kier molecular flexibility index (Phi) is 5.17. The molecule has 0 radical (unpaired) electrons. The summed E-state index contributed by atoms with van der Waals surface area (Å²) in [5.41, 5.74) is 3.04. The number of Topliss-reactive ketones (excluding diaryl/α,β-unsaturated/α-hetero) is 1. The third kappa shape index (κ3) is 3.02. The third-order valence-electron chi connectivity index (χ3n) is 11.2. The fourth-order valence-electron chi connectivity index (χ4n) is 9.35. The molecule has 5 aliphatic carbocycles. The largest absolute Gasteiger partial charge is 0.393 e. The Bertz CT molecular complexity index is 813. The summed E-state index contributed by atoms with van der Waals surface area (Å²) in [5.74, 6) is 3.72. The van der Waals surface area contributed by atoms with Crippen molar-refractivity contribution in [2.45, 2.75) is 105 Å². The second kappa shape index (κ2) is 7.31. The minimum atomic E-state index is -0.193. The van der Waals surface area contributed by atoms with Gasteiger partial charge in [-0.1, -0.05) is 44.1 Å². The second-order valence-electron chi connectivity index (χ2n) is 12.8. The lowest BCUT2D eigenvalue weighted by Gasteiger charge is -2.60. The van der Waals surface area contributed by atoms with Crippen molar-refractivity contribution in [1.82, 2.24) is 0 Å². The van der Waals surface area contributed by atoms with Crippen molar-refractivity contribution in [3.05, 3.63) is 23.3 Å². The Morgan fingerprint density at radius 2 is 1.94 bits per heavy atom. The number of rotatable bonds is 4. The van der Waals surface area contributed by atoms with Gasteiger partial charge in [-0.25, -0.2) is 0 Å². The SMILES string of the molecule is CC(C)=CCC[C@@H](C)[C@H]1CC[C@H]2[C@@H]3CC=C4C5(CC5)C(=O)CC[C@]4(C)[C@H]3C[C@H](O)[C@]12C. The molecule has 0 aromatic heterocycles. The highest BCUT2D eigenvalue weighted by molar-refractivity contribution is 5.92. The first-order valence-corrected chi connectivity index (χ1v) is 13.2. The van der Waals surface area contributed by atoms with E-state index in [-0.39, 0.29) is 22.3 Å². The predicted molar refractivity (Wildman–Crippen MR) is 126 cm³/mol. The van der Waals surface area contributed by atoms with Crippen LogP contribution in [0.4, 0.5) is 0 Å². The van der Waals surface area contributed by atoms with E-state index < -0.39 is 0 Å². The van der Waals surface area contributed by atoms with E-state index in [4.69, 9.17) is 0 Å². The normalized spacial score (nSPS) is 45.9. The van der Waals surface area contributed by atoms with Crippen LogP contribution in [0.15, 0.2) is 23.3 Å². The molecule has 31 heavy (non-hydrogen) atoms. The van der Waals surface area contributed by atoms with Gasteiger partial charge in [0, 0.05) is 6.42 Å². The van der Waals surface area contributed by atoms with Crippen molar-refractivity contribution in [2.24, 2.45) is 45.8 Å². The highest BCUT2D eigenvalue weighted by Crippen LogP contribution is 2.72. The Balaban J connectivity index is 1.42. The standard InChI is InChI=1S/C29H44O2/c1-18(2)7-6-8-19(3)21-10-11-22-20-9-12-24-27(4,14-13-25(30)29(24)15-16-29)23(20)17-26(31)28(21,22)5/h7,12,19-23,26,31H,6,8-11,13-17H2,1-5H3/t19-,20+,21-,22+,23+,26+,27-,28-/m1/s1. The van der Waals surface area contributed by atoms with E-state index in [1.165, 1.54) is 36.8 Å². The molecule has 5 aliphatic rings. The lowest BCUT2D eigenvalue weighted by atomic mass is 9.45. The molecule has 0 saturated heterocycles. The van der Waals surface area contributed by atoms with E-state index in [1.54, 1.807) is 0 Å². The molecule has 4 saturated carbocycles. The van der Waals surface area contributed by atoms with E-state index in [0.29, 0.717) is 35.4 Å². The Morgan fingerprint density at radius 1 is 1.19 bits per heavy atom. The maximum absolute atomic E-state index is 12.8. The number of hydrogen-bond donors (Lipinski definition) is 1. The van der Waals surface area contributed by atoms with E-state index in [1.807, 2.05) is 0 Å².